The number of hydrogen-bond donors (Lipinski definition) is 2. The van der Waals surface area contributed by atoms with Crippen LogP contribution in [0.2, 0.25) is 0 Å². The minimum absolute atomic E-state index is 0.0513. The van der Waals surface area contributed by atoms with Crippen LogP contribution in [0.3, 0.4) is 0 Å². The van der Waals surface area contributed by atoms with E-state index in [1.54, 1.807) is 30.3 Å². The third-order valence-corrected chi connectivity index (χ3v) is 7.56. The lowest BCUT2D eigenvalue weighted by Crippen LogP contribution is -2.39. The number of rotatable bonds is 6. The second-order valence-electron chi connectivity index (χ2n) is 8.67. The molecule has 2 aliphatic heterocycles. The van der Waals surface area contributed by atoms with Crippen LogP contribution in [0.25, 0.3) is 0 Å². The SMILES string of the molecule is COC(=O)C[C@H]1SC2=C(C(=O)Nc3ccc(C)cc3C)[C@@H](c3cccc(OC)c3)C(C#N)=C(N)N2C1=O. The van der Waals surface area contributed by atoms with Crippen molar-refractivity contribution in [3.05, 3.63) is 81.2 Å². The van der Waals surface area contributed by atoms with E-state index >= 15 is 0 Å². The number of nitrogens with zero attached hydrogens (tertiary/aromatic N) is 2. The van der Waals surface area contributed by atoms with Crippen LogP contribution in [0.15, 0.2) is 64.5 Å². The van der Waals surface area contributed by atoms with Gasteiger partial charge in [-0.2, -0.15) is 5.26 Å². The van der Waals surface area contributed by atoms with E-state index in [1.165, 1.54) is 19.1 Å². The number of benzene rings is 2. The van der Waals surface area contributed by atoms with Gasteiger partial charge in [0, 0.05) is 5.69 Å². The maximum atomic E-state index is 13.9. The molecule has 9 nitrogen and oxygen atoms in total. The Hall–Kier alpha value is -4.23. The van der Waals surface area contributed by atoms with E-state index in [9.17, 15) is 19.6 Å². The number of ether oxygens (including phenoxy) is 2. The van der Waals surface area contributed by atoms with Gasteiger partial charge in [0.25, 0.3) is 5.91 Å². The zero-order valence-corrected chi connectivity index (χ0v) is 21.6. The van der Waals surface area contributed by atoms with Crippen molar-refractivity contribution in [3.63, 3.8) is 0 Å². The molecule has 0 saturated carbocycles. The molecular weight excluding hydrogens is 492 g/mol. The average Bonchev–Trinajstić information content (AvgIpc) is 3.20. The number of methoxy groups -OCH3 is 2. The van der Waals surface area contributed by atoms with Gasteiger partial charge in [-0.25, -0.2) is 0 Å². The van der Waals surface area contributed by atoms with Crippen LogP contribution >= 0.6 is 11.8 Å². The Morgan fingerprint density at radius 1 is 1.19 bits per heavy atom. The summed E-state index contributed by atoms with van der Waals surface area (Å²) in [6.45, 7) is 3.84. The lowest BCUT2D eigenvalue weighted by atomic mass is 9.82. The first kappa shape index (κ1) is 25.9. The first-order chi connectivity index (χ1) is 17.7. The number of anilines is 1. The molecule has 4 rings (SSSR count). The van der Waals surface area contributed by atoms with Crippen molar-refractivity contribution in [1.82, 2.24) is 4.90 Å². The van der Waals surface area contributed by atoms with E-state index in [-0.39, 0.29) is 28.4 Å². The molecule has 1 saturated heterocycles. The first-order valence-corrected chi connectivity index (χ1v) is 12.3. The Labute approximate surface area is 218 Å². The first-order valence-electron chi connectivity index (χ1n) is 11.4. The molecule has 0 radical (unpaired) electrons. The second kappa shape index (κ2) is 10.4. The highest BCUT2D eigenvalue weighted by molar-refractivity contribution is 8.04. The minimum atomic E-state index is -0.866. The summed E-state index contributed by atoms with van der Waals surface area (Å²) < 4.78 is 10.1. The molecule has 2 atom stereocenters. The molecule has 1 fully saturated rings. The number of carbonyl (C=O) groups excluding carboxylic acids is 3. The molecule has 190 valence electrons. The Morgan fingerprint density at radius 2 is 1.95 bits per heavy atom. The number of esters is 1. The van der Waals surface area contributed by atoms with Crippen LogP contribution in [0.4, 0.5) is 5.69 Å². The molecular formula is C27H26N4O5S. The third-order valence-electron chi connectivity index (χ3n) is 6.28. The fraction of sp³-hybridized carbons (Fsp3) is 0.259. The highest BCUT2D eigenvalue weighted by atomic mass is 32.2. The molecule has 37 heavy (non-hydrogen) atoms. The summed E-state index contributed by atoms with van der Waals surface area (Å²) >= 11 is 1.06. The van der Waals surface area contributed by atoms with Crippen molar-refractivity contribution in [3.8, 4) is 11.8 Å². The zero-order chi connectivity index (χ0) is 26.9. The van der Waals surface area contributed by atoms with Crippen LogP contribution in [0.5, 0.6) is 5.75 Å². The summed E-state index contributed by atoms with van der Waals surface area (Å²) in [5, 5.41) is 12.5. The molecule has 10 heteroatoms. The van der Waals surface area contributed by atoms with Crippen molar-refractivity contribution < 1.29 is 23.9 Å². The smallest absolute Gasteiger partial charge is 0.307 e. The van der Waals surface area contributed by atoms with Gasteiger partial charge in [-0.3, -0.25) is 19.3 Å². The van der Waals surface area contributed by atoms with Crippen LogP contribution in [-0.2, 0) is 19.1 Å². The van der Waals surface area contributed by atoms with Gasteiger partial charge in [0.1, 0.15) is 16.8 Å². The van der Waals surface area contributed by atoms with E-state index in [0.717, 1.165) is 22.9 Å². The number of hydrogen-bond acceptors (Lipinski definition) is 8. The molecule has 0 bridgehead atoms. The topological polar surface area (TPSA) is 135 Å². The highest BCUT2D eigenvalue weighted by Crippen LogP contribution is 2.50. The van der Waals surface area contributed by atoms with Crippen molar-refractivity contribution in [2.45, 2.75) is 31.4 Å². The van der Waals surface area contributed by atoms with Crippen molar-refractivity contribution >= 4 is 35.2 Å². The zero-order valence-electron chi connectivity index (χ0n) is 20.8. The van der Waals surface area contributed by atoms with Gasteiger partial charge < -0.3 is 20.5 Å². The van der Waals surface area contributed by atoms with Crippen LogP contribution in [-0.4, -0.2) is 42.2 Å². The van der Waals surface area contributed by atoms with Crippen molar-refractivity contribution in [2.24, 2.45) is 5.73 Å². The van der Waals surface area contributed by atoms with Crippen LogP contribution < -0.4 is 15.8 Å². The number of allylic oxidation sites excluding steroid dienone is 1. The fourth-order valence-corrected chi connectivity index (χ4v) is 5.77. The van der Waals surface area contributed by atoms with E-state index in [2.05, 4.69) is 11.4 Å². The van der Waals surface area contributed by atoms with Gasteiger partial charge in [0.15, 0.2) is 0 Å². The number of nitrogens with two attached hydrogens (primary N) is 1. The van der Waals surface area contributed by atoms with E-state index < -0.39 is 29.0 Å². The number of thioether (sulfide) groups is 1. The van der Waals surface area contributed by atoms with Gasteiger partial charge in [-0.05, 0) is 43.2 Å². The number of fused-ring (bicyclic) bond motifs is 1. The Bertz CT molecular complexity index is 1410. The molecule has 0 spiro atoms. The summed E-state index contributed by atoms with van der Waals surface area (Å²) in [5.74, 6) is -1.95. The number of carbonyl (C=O) groups is 3. The van der Waals surface area contributed by atoms with E-state index in [0.29, 0.717) is 17.0 Å². The number of aryl methyl sites for hydroxylation is 2. The Morgan fingerprint density at radius 3 is 2.59 bits per heavy atom. The molecule has 2 aromatic carbocycles. The molecule has 2 heterocycles. The lowest BCUT2D eigenvalue weighted by Gasteiger charge is -2.32. The monoisotopic (exact) mass is 518 g/mol. The summed E-state index contributed by atoms with van der Waals surface area (Å²) in [4.78, 5) is 40.4. The highest BCUT2D eigenvalue weighted by Gasteiger charge is 2.48. The van der Waals surface area contributed by atoms with Crippen LogP contribution in [0.1, 0.15) is 29.0 Å². The molecule has 2 aliphatic rings. The van der Waals surface area contributed by atoms with Gasteiger partial charge in [-0.1, -0.05) is 41.6 Å². The maximum absolute atomic E-state index is 13.9. The van der Waals surface area contributed by atoms with Gasteiger partial charge in [0.05, 0.1) is 48.8 Å². The second-order valence-corrected chi connectivity index (χ2v) is 9.86. The van der Waals surface area contributed by atoms with Gasteiger partial charge in [-0.15, -0.1) is 0 Å². The quantitative estimate of drug-likeness (QED) is 0.555. The Kier molecular flexibility index (Phi) is 7.27. The van der Waals surface area contributed by atoms with Gasteiger partial charge in [0.2, 0.25) is 5.91 Å². The minimum Gasteiger partial charge on any atom is -0.497 e. The van der Waals surface area contributed by atoms with Crippen LogP contribution in [0, 0.1) is 25.2 Å². The molecule has 2 aromatic rings. The fourth-order valence-electron chi connectivity index (χ4n) is 4.44. The number of nitriles is 1. The molecule has 0 aromatic heterocycles. The number of nitrogens with one attached hydrogen (secondary N) is 1. The van der Waals surface area contributed by atoms with Crippen molar-refractivity contribution in [2.75, 3.05) is 19.5 Å². The molecule has 0 unspecified atom stereocenters. The predicted molar refractivity (Wildman–Crippen MR) is 139 cm³/mol. The third kappa shape index (κ3) is 4.78. The largest absolute Gasteiger partial charge is 0.497 e. The van der Waals surface area contributed by atoms with E-state index in [1.807, 2.05) is 26.0 Å². The van der Waals surface area contributed by atoms with Gasteiger partial charge >= 0.3 is 5.97 Å². The lowest BCUT2D eigenvalue weighted by molar-refractivity contribution is -0.142. The summed E-state index contributed by atoms with van der Waals surface area (Å²) in [6.07, 6.45) is -0.203. The normalized spacial score (nSPS) is 18.9. The summed E-state index contributed by atoms with van der Waals surface area (Å²) in [7, 11) is 2.76. The summed E-state index contributed by atoms with van der Waals surface area (Å²) in [5.41, 5.74) is 9.72. The maximum Gasteiger partial charge on any atom is 0.307 e. The average molecular weight is 519 g/mol. The number of amides is 2. The standard InChI is InChI=1S/C27H26N4O5S/c1-14-8-9-19(15(2)10-14)30-25(33)23-22(16-6-5-7-17(11-16)35-3)18(13-28)24(29)31-26(34)20(37-27(23)31)12-21(32)36-4/h5-11,20,22H,12,29H2,1-4H3,(H,30,33)/t20-,22+/m1/s1. The van der Waals surface area contributed by atoms with E-state index in [4.69, 9.17) is 15.2 Å². The predicted octanol–water partition coefficient (Wildman–Crippen LogP) is 3.46. The molecule has 3 N–H and O–H groups in total. The van der Waals surface area contributed by atoms with Crippen molar-refractivity contribution in [1.29, 1.82) is 5.26 Å². The summed E-state index contributed by atoms with van der Waals surface area (Å²) in [6, 6.07) is 14.7. The molecule has 0 aliphatic carbocycles. The molecule has 2 amide bonds. The Balaban J connectivity index is 1.90.